The summed E-state index contributed by atoms with van der Waals surface area (Å²) in [5.41, 5.74) is 0.356. The number of carbonyl (C=O) groups is 1. The lowest BCUT2D eigenvalue weighted by atomic mass is 9.89. The summed E-state index contributed by atoms with van der Waals surface area (Å²) in [6.45, 7) is 2.86. The van der Waals surface area contributed by atoms with Crippen molar-refractivity contribution in [2.24, 2.45) is 16.3 Å². The van der Waals surface area contributed by atoms with E-state index in [2.05, 4.69) is 15.6 Å². The van der Waals surface area contributed by atoms with Crippen LogP contribution >= 0.6 is 24.0 Å². The van der Waals surface area contributed by atoms with Crippen molar-refractivity contribution < 1.29 is 9.53 Å². The van der Waals surface area contributed by atoms with E-state index in [0.717, 1.165) is 38.0 Å². The molecule has 0 saturated heterocycles. The van der Waals surface area contributed by atoms with Crippen LogP contribution in [0.5, 0.6) is 0 Å². The molecule has 0 aromatic carbocycles. The standard InChI is InChI=1S/C19H36N4O2.HI/c1-23(2)17(24)14-21-18(20-13-16-7-5-4-6-8-16)22-15-19(9-10-19)11-12-25-3;/h16H,4-15H2,1-3H3,(H2,20,21,22);1H. The first-order valence-corrected chi connectivity index (χ1v) is 9.76. The zero-order valence-electron chi connectivity index (χ0n) is 16.7. The van der Waals surface area contributed by atoms with Crippen molar-refractivity contribution in [3.05, 3.63) is 0 Å². The Hall–Kier alpha value is -0.570. The molecule has 152 valence electrons. The molecular formula is C19H37IN4O2. The van der Waals surface area contributed by atoms with Gasteiger partial charge in [0.1, 0.15) is 6.54 Å². The van der Waals surface area contributed by atoms with Crippen LogP contribution in [0.4, 0.5) is 0 Å². The molecule has 2 saturated carbocycles. The van der Waals surface area contributed by atoms with Gasteiger partial charge in [-0.05, 0) is 43.4 Å². The number of methoxy groups -OCH3 is 1. The number of halogens is 1. The third-order valence-electron chi connectivity index (χ3n) is 5.58. The molecule has 0 aromatic rings. The lowest BCUT2D eigenvalue weighted by Gasteiger charge is -2.24. The highest BCUT2D eigenvalue weighted by atomic mass is 127. The summed E-state index contributed by atoms with van der Waals surface area (Å²) in [5, 5.41) is 6.95. The Morgan fingerprint density at radius 1 is 1.19 bits per heavy atom. The molecule has 2 aliphatic rings. The van der Waals surface area contributed by atoms with E-state index < -0.39 is 0 Å². The molecule has 1 amide bonds. The van der Waals surface area contributed by atoms with Gasteiger partial charge in [0, 0.05) is 40.9 Å². The fourth-order valence-corrected chi connectivity index (χ4v) is 3.38. The Morgan fingerprint density at radius 2 is 1.88 bits per heavy atom. The van der Waals surface area contributed by atoms with E-state index in [9.17, 15) is 4.79 Å². The highest BCUT2D eigenvalue weighted by Gasteiger charge is 2.41. The maximum Gasteiger partial charge on any atom is 0.243 e. The number of hydrogen-bond donors (Lipinski definition) is 2. The van der Waals surface area contributed by atoms with E-state index in [1.165, 1.54) is 44.9 Å². The third-order valence-corrected chi connectivity index (χ3v) is 5.58. The number of rotatable bonds is 9. The molecular weight excluding hydrogens is 443 g/mol. The molecule has 0 radical (unpaired) electrons. The molecule has 0 heterocycles. The Kier molecular flexibility index (Phi) is 10.8. The average Bonchev–Trinajstić information content (AvgIpc) is 3.40. The van der Waals surface area contributed by atoms with Gasteiger partial charge in [0.25, 0.3) is 0 Å². The van der Waals surface area contributed by atoms with Gasteiger partial charge in [0.2, 0.25) is 5.91 Å². The summed E-state index contributed by atoms with van der Waals surface area (Å²) in [7, 11) is 5.30. The molecule has 26 heavy (non-hydrogen) atoms. The Bertz CT molecular complexity index is 447. The van der Waals surface area contributed by atoms with Crippen molar-refractivity contribution in [2.75, 3.05) is 47.4 Å². The number of guanidine groups is 1. The second-order valence-corrected chi connectivity index (χ2v) is 7.93. The fourth-order valence-electron chi connectivity index (χ4n) is 3.38. The van der Waals surface area contributed by atoms with Crippen LogP contribution in [0.1, 0.15) is 51.4 Å². The number of hydrogen-bond acceptors (Lipinski definition) is 3. The Balaban J connectivity index is 0.00000338. The summed E-state index contributed by atoms with van der Waals surface area (Å²) < 4.78 is 5.23. The van der Waals surface area contributed by atoms with Gasteiger partial charge in [-0.25, -0.2) is 4.99 Å². The average molecular weight is 480 g/mol. The maximum atomic E-state index is 11.9. The molecule has 0 bridgehead atoms. The van der Waals surface area contributed by atoms with Gasteiger partial charge in [0.15, 0.2) is 5.96 Å². The molecule has 7 heteroatoms. The van der Waals surface area contributed by atoms with Crippen LogP contribution < -0.4 is 10.6 Å². The summed E-state index contributed by atoms with van der Waals surface area (Å²) in [6.07, 6.45) is 10.2. The Morgan fingerprint density at radius 3 is 2.46 bits per heavy atom. The van der Waals surface area contributed by atoms with Crippen LogP contribution in [0.3, 0.4) is 0 Å². The number of carbonyl (C=O) groups excluding carboxylic acids is 1. The summed E-state index contributed by atoms with van der Waals surface area (Å²) in [5.74, 6) is 1.54. The van der Waals surface area contributed by atoms with E-state index in [4.69, 9.17) is 4.74 Å². The van der Waals surface area contributed by atoms with E-state index in [1.807, 2.05) is 0 Å². The molecule has 0 spiro atoms. The molecule has 0 aromatic heterocycles. The number of amides is 1. The first kappa shape index (κ1) is 23.5. The zero-order chi connectivity index (χ0) is 18.1. The predicted molar refractivity (Wildman–Crippen MR) is 117 cm³/mol. The first-order chi connectivity index (χ1) is 12.0. The first-order valence-electron chi connectivity index (χ1n) is 9.76. The molecule has 0 atom stereocenters. The molecule has 2 N–H and O–H groups in total. The maximum absolute atomic E-state index is 11.9. The molecule has 2 aliphatic carbocycles. The summed E-state index contributed by atoms with van der Waals surface area (Å²) in [6, 6.07) is 0. The summed E-state index contributed by atoms with van der Waals surface area (Å²) >= 11 is 0. The van der Waals surface area contributed by atoms with Gasteiger partial charge in [-0.3, -0.25) is 4.79 Å². The van der Waals surface area contributed by atoms with Crippen LogP contribution in [-0.4, -0.2) is 64.2 Å². The van der Waals surface area contributed by atoms with Crippen molar-refractivity contribution in [3.8, 4) is 0 Å². The number of nitrogens with zero attached hydrogens (tertiary/aromatic N) is 2. The van der Waals surface area contributed by atoms with Crippen LogP contribution in [0, 0.1) is 11.3 Å². The van der Waals surface area contributed by atoms with Crippen molar-refractivity contribution in [2.45, 2.75) is 51.4 Å². The zero-order valence-corrected chi connectivity index (χ0v) is 19.0. The topological polar surface area (TPSA) is 66.0 Å². The normalized spacial score (nSPS) is 19.4. The second-order valence-electron chi connectivity index (χ2n) is 7.93. The number of likely N-dealkylation sites (N-methyl/N-ethyl adjacent to an activating group) is 1. The van der Waals surface area contributed by atoms with E-state index in [-0.39, 0.29) is 36.4 Å². The predicted octanol–water partition coefficient (Wildman–Crippen LogP) is 2.62. The third kappa shape index (κ3) is 8.41. The number of aliphatic imine (C=N–C) groups is 1. The minimum atomic E-state index is 0. The molecule has 0 aliphatic heterocycles. The second kappa shape index (κ2) is 12.0. The van der Waals surface area contributed by atoms with E-state index in [1.54, 1.807) is 26.1 Å². The van der Waals surface area contributed by atoms with Gasteiger partial charge in [0.05, 0.1) is 0 Å². The molecule has 6 nitrogen and oxygen atoms in total. The van der Waals surface area contributed by atoms with Crippen molar-refractivity contribution in [3.63, 3.8) is 0 Å². The van der Waals surface area contributed by atoms with Crippen molar-refractivity contribution >= 4 is 35.8 Å². The van der Waals surface area contributed by atoms with Crippen LogP contribution in [0.15, 0.2) is 4.99 Å². The van der Waals surface area contributed by atoms with Gasteiger partial charge in [-0.2, -0.15) is 0 Å². The minimum Gasteiger partial charge on any atom is -0.385 e. The van der Waals surface area contributed by atoms with Crippen LogP contribution in [0.25, 0.3) is 0 Å². The van der Waals surface area contributed by atoms with Gasteiger partial charge in [-0.1, -0.05) is 19.3 Å². The SMILES string of the molecule is COCCC1(CNC(=NCC(=O)N(C)C)NCC2CCCCC2)CC1.I. The largest absolute Gasteiger partial charge is 0.385 e. The molecule has 2 fully saturated rings. The molecule has 2 rings (SSSR count). The van der Waals surface area contributed by atoms with Crippen LogP contribution in [-0.2, 0) is 9.53 Å². The number of nitrogens with one attached hydrogen (secondary N) is 2. The van der Waals surface area contributed by atoms with Gasteiger partial charge >= 0.3 is 0 Å². The fraction of sp³-hybridized carbons (Fsp3) is 0.895. The van der Waals surface area contributed by atoms with Gasteiger partial charge in [-0.15, -0.1) is 24.0 Å². The van der Waals surface area contributed by atoms with E-state index >= 15 is 0 Å². The summed E-state index contributed by atoms with van der Waals surface area (Å²) in [4.78, 5) is 18.0. The smallest absolute Gasteiger partial charge is 0.243 e. The van der Waals surface area contributed by atoms with Crippen molar-refractivity contribution in [1.82, 2.24) is 15.5 Å². The lowest BCUT2D eigenvalue weighted by Crippen LogP contribution is -2.43. The minimum absolute atomic E-state index is 0. The number of ether oxygens (including phenoxy) is 1. The highest BCUT2D eigenvalue weighted by Crippen LogP contribution is 2.48. The quantitative estimate of drug-likeness (QED) is 0.303. The van der Waals surface area contributed by atoms with Crippen molar-refractivity contribution in [1.29, 1.82) is 0 Å². The van der Waals surface area contributed by atoms with E-state index in [0.29, 0.717) is 5.41 Å². The van der Waals surface area contributed by atoms with Crippen LogP contribution in [0.2, 0.25) is 0 Å². The molecule has 0 unspecified atom stereocenters. The highest BCUT2D eigenvalue weighted by molar-refractivity contribution is 14.0. The Labute approximate surface area is 175 Å². The van der Waals surface area contributed by atoms with Gasteiger partial charge < -0.3 is 20.3 Å². The lowest BCUT2D eigenvalue weighted by molar-refractivity contribution is -0.127. The monoisotopic (exact) mass is 480 g/mol.